The number of nitrogens with zero attached hydrogens (tertiary/aromatic N) is 4. The van der Waals surface area contributed by atoms with Gasteiger partial charge < -0.3 is 15.0 Å². The quantitative estimate of drug-likeness (QED) is 0.219. The van der Waals surface area contributed by atoms with E-state index in [1.807, 2.05) is 44.2 Å². The number of rotatable bonds is 7. The number of hydrogen-bond acceptors (Lipinski definition) is 6. The third kappa shape index (κ3) is 4.86. The van der Waals surface area contributed by atoms with E-state index in [0.717, 1.165) is 27.7 Å². The average molecular weight is 536 g/mol. The van der Waals surface area contributed by atoms with Crippen molar-refractivity contribution in [2.24, 2.45) is 5.92 Å². The number of hydrogen-bond donors (Lipinski definition) is 3. The molecule has 0 spiro atoms. The number of pyridine rings is 3. The number of H-pyrrole nitrogens is 2. The van der Waals surface area contributed by atoms with Crippen LogP contribution in [0.4, 0.5) is 10.1 Å². The van der Waals surface area contributed by atoms with Gasteiger partial charge in [-0.1, -0.05) is 13.8 Å². The summed E-state index contributed by atoms with van der Waals surface area (Å²) in [7, 11) is 1.50. The lowest BCUT2D eigenvalue weighted by Gasteiger charge is -2.08. The second-order valence-corrected chi connectivity index (χ2v) is 9.96. The largest absolute Gasteiger partial charge is 0.497 e. The first-order chi connectivity index (χ1) is 19.4. The first-order valence-electron chi connectivity index (χ1n) is 12.8. The van der Waals surface area contributed by atoms with Gasteiger partial charge in [-0.25, -0.2) is 9.37 Å². The van der Waals surface area contributed by atoms with Crippen LogP contribution in [0.25, 0.3) is 55.8 Å². The van der Waals surface area contributed by atoms with E-state index in [1.54, 1.807) is 24.7 Å². The maximum absolute atomic E-state index is 14.3. The number of carbonyl (C=O) groups excluding carboxylic acids is 1. The second-order valence-electron chi connectivity index (χ2n) is 9.96. The molecule has 1 amide bonds. The van der Waals surface area contributed by atoms with E-state index < -0.39 is 5.82 Å². The molecule has 5 heterocycles. The summed E-state index contributed by atoms with van der Waals surface area (Å²) >= 11 is 0. The number of carbonyl (C=O) groups is 1. The lowest BCUT2D eigenvalue weighted by atomic mass is 10.1. The molecule has 0 aliphatic heterocycles. The highest BCUT2D eigenvalue weighted by atomic mass is 19.1. The Kier molecular flexibility index (Phi) is 6.43. The van der Waals surface area contributed by atoms with E-state index in [-0.39, 0.29) is 11.8 Å². The fourth-order valence-corrected chi connectivity index (χ4v) is 4.71. The summed E-state index contributed by atoms with van der Waals surface area (Å²) in [5.74, 6) is 0.210. The Morgan fingerprint density at radius 3 is 2.73 bits per heavy atom. The van der Waals surface area contributed by atoms with Gasteiger partial charge in [0.25, 0.3) is 0 Å². The van der Waals surface area contributed by atoms with Crippen molar-refractivity contribution in [3.8, 4) is 39.7 Å². The third-order valence-corrected chi connectivity index (χ3v) is 6.50. The van der Waals surface area contributed by atoms with Crippen LogP contribution in [0.15, 0.2) is 67.1 Å². The summed E-state index contributed by atoms with van der Waals surface area (Å²) in [6.07, 6.45) is 5.43. The molecule has 0 radical (unpaired) electrons. The first kappa shape index (κ1) is 25.2. The standard InChI is InChI=1S/C30H26FN7O2/c1-16(2)8-27(39)34-20-10-18(14-32-15-20)23-4-5-25-29(36-23)30(38-37-25)26-13-22-24(35-26)6-7-33-28(22)17-9-19(31)12-21(11-17)40-3/h4-7,9-16,35H,8H2,1-3H3,(H,34,39)(H,37,38). The van der Waals surface area contributed by atoms with Gasteiger partial charge in [-0.15, -0.1) is 0 Å². The van der Waals surface area contributed by atoms with Crippen molar-refractivity contribution < 1.29 is 13.9 Å². The number of nitrogens with one attached hydrogen (secondary N) is 3. The average Bonchev–Trinajstić information content (AvgIpc) is 3.56. The van der Waals surface area contributed by atoms with E-state index in [1.165, 1.54) is 19.2 Å². The minimum Gasteiger partial charge on any atom is -0.497 e. The van der Waals surface area contributed by atoms with Crippen molar-refractivity contribution in [1.29, 1.82) is 0 Å². The molecule has 6 aromatic rings. The van der Waals surface area contributed by atoms with Gasteiger partial charge in [0.1, 0.15) is 22.8 Å². The first-order valence-corrected chi connectivity index (χ1v) is 12.8. The zero-order chi connectivity index (χ0) is 27.8. The summed E-state index contributed by atoms with van der Waals surface area (Å²) < 4.78 is 19.5. The highest BCUT2D eigenvalue weighted by Crippen LogP contribution is 2.34. The number of ether oxygens (including phenoxy) is 1. The normalized spacial score (nSPS) is 11.4. The predicted molar refractivity (Wildman–Crippen MR) is 152 cm³/mol. The van der Waals surface area contributed by atoms with Crippen molar-refractivity contribution in [2.45, 2.75) is 20.3 Å². The minimum absolute atomic E-state index is 0.0566. The van der Waals surface area contributed by atoms with Crippen LogP contribution in [0.5, 0.6) is 5.75 Å². The maximum Gasteiger partial charge on any atom is 0.224 e. The molecule has 3 N–H and O–H groups in total. The van der Waals surface area contributed by atoms with Crippen molar-refractivity contribution in [2.75, 3.05) is 12.4 Å². The number of aromatic amines is 2. The molecule has 0 unspecified atom stereocenters. The molecule has 0 fully saturated rings. The zero-order valence-electron chi connectivity index (χ0n) is 22.1. The molecular weight excluding hydrogens is 509 g/mol. The number of benzene rings is 1. The van der Waals surface area contributed by atoms with Crippen LogP contribution in [0.2, 0.25) is 0 Å². The molecule has 0 atom stereocenters. The second kappa shape index (κ2) is 10.2. The lowest BCUT2D eigenvalue weighted by Crippen LogP contribution is -2.13. The molecule has 0 bridgehead atoms. The van der Waals surface area contributed by atoms with Gasteiger partial charge in [0, 0.05) is 46.9 Å². The number of fused-ring (bicyclic) bond motifs is 2. The van der Waals surface area contributed by atoms with Crippen LogP contribution in [0.3, 0.4) is 0 Å². The van der Waals surface area contributed by atoms with Crippen molar-refractivity contribution in [3.63, 3.8) is 0 Å². The molecule has 10 heteroatoms. The summed E-state index contributed by atoms with van der Waals surface area (Å²) in [5, 5.41) is 11.3. The lowest BCUT2D eigenvalue weighted by molar-refractivity contribution is -0.116. The Hall–Kier alpha value is -5.12. The van der Waals surface area contributed by atoms with E-state index in [2.05, 4.69) is 30.5 Å². The molecule has 0 aliphatic carbocycles. The minimum atomic E-state index is -0.406. The maximum atomic E-state index is 14.3. The Balaban J connectivity index is 1.38. The van der Waals surface area contributed by atoms with Crippen molar-refractivity contribution in [1.82, 2.24) is 30.1 Å². The molecule has 5 aromatic heterocycles. The van der Waals surface area contributed by atoms with E-state index in [4.69, 9.17) is 9.72 Å². The Morgan fingerprint density at radius 2 is 1.90 bits per heavy atom. The molecule has 9 nitrogen and oxygen atoms in total. The smallest absolute Gasteiger partial charge is 0.224 e. The number of amides is 1. The van der Waals surface area contributed by atoms with Gasteiger partial charge >= 0.3 is 0 Å². The van der Waals surface area contributed by atoms with E-state index in [0.29, 0.717) is 46.0 Å². The van der Waals surface area contributed by atoms with Gasteiger partial charge in [-0.05, 0) is 48.4 Å². The molecule has 1 aromatic carbocycles. The Morgan fingerprint density at radius 1 is 1.02 bits per heavy atom. The van der Waals surface area contributed by atoms with Gasteiger partial charge in [-0.2, -0.15) is 5.10 Å². The van der Waals surface area contributed by atoms with Gasteiger partial charge in [0.15, 0.2) is 0 Å². The van der Waals surface area contributed by atoms with Crippen LogP contribution in [-0.2, 0) is 4.79 Å². The third-order valence-electron chi connectivity index (χ3n) is 6.50. The highest BCUT2D eigenvalue weighted by Gasteiger charge is 2.17. The molecule has 40 heavy (non-hydrogen) atoms. The van der Waals surface area contributed by atoms with Crippen LogP contribution in [0, 0.1) is 11.7 Å². The number of methoxy groups -OCH3 is 1. The van der Waals surface area contributed by atoms with Crippen molar-refractivity contribution >= 4 is 33.5 Å². The molecule has 0 aliphatic rings. The molecule has 0 saturated heterocycles. The molecular formula is C30H26FN7O2. The SMILES string of the molecule is COc1cc(F)cc(-c2nccc3[nH]c(-c4n[nH]c5ccc(-c6cncc(NC(=O)CC(C)C)c6)nc45)cc23)c1. The monoisotopic (exact) mass is 535 g/mol. The van der Waals surface area contributed by atoms with Crippen LogP contribution in [-0.4, -0.2) is 43.2 Å². The van der Waals surface area contributed by atoms with Gasteiger partial charge in [-0.3, -0.25) is 19.9 Å². The summed E-state index contributed by atoms with van der Waals surface area (Å²) in [6, 6.07) is 14.0. The van der Waals surface area contributed by atoms with Crippen LogP contribution in [0.1, 0.15) is 20.3 Å². The van der Waals surface area contributed by atoms with E-state index >= 15 is 0 Å². The summed E-state index contributed by atoms with van der Waals surface area (Å²) in [5.41, 5.74) is 6.91. The predicted octanol–water partition coefficient (Wildman–Crippen LogP) is 6.36. The topological polar surface area (TPSA) is 121 Å². The summed E-state index contributed by atoms with van der Waals surface area (Å²) in [4.78, 5) is 29.4. The highest BCUT2D eigenvalue weighted by molar-refractivity contribution is 5.99. The number of aromatic nitrogens is 6. The number of halogens is 1. The molecule has 6 rings (SSSR count). The zero-order valence-corrected chi connectivity index (χ0v) is 22.1. The summed E-state index contributed by atoms with van der Waals surface area (Å²) in [6.45, 7) is 4.00. The number of anilines is 1. The van der Waals surface area contributed by atoms with E-state index in [9.17, 15) is 9.18 Å². The fraction of sp³-hybridized carbons (Fsp3) is 0.167. The van der Waals surface area contributed by atoms with Gasteiger partial charge in [0.05, 0.1) is 41.6 Å². The molecule has 0 saturated carbocycles. The fourth-order valence-electron chi connectivity index (χ4n) is 4.71. The Labute approximate surface area is 228 Å². The van der Waals surface area contributed by atoms with Crippen molar-refractivity contribution in [3.05, 3.63) is 72.9 Å². The van der Waals surface area contributed by atoms with Gasteiger partial charge in [0.2, 0.25) is 5.91 Å². The van der Waals surface area contributed by atoms with Crippen LogP contribution >= 0.6 is 0 Å². The molecule has 200 valence electrons. The Bertz CT molecular complexity index is 1880. The van der Waals surface area contributed by atoms with Crippen LogP contribution < -0.4 is 10.1 Å².